The van der Waals surface area contributed by atoms with Crippen LogP contribution in [0.25, 0.3) is 0 Å². The van der Waals surface area contributed by atoms with Crippen molar-refractivity contribution < 1.29 is 0 Å². The van der Waals surface area contributed by atoms with Crippen molar-refractivity contribution >= 4 is 17.0 Å². The van der Waals surface area contributed by atoms with E-state index in [1.165, 1.54) is 11.3 Å². The van der Waals surface area contributed by atoms with E-state index >= 15 is 0 Å². The van der Waals surface area contributed by atoms with Crippen molar-refractivity contribution in [2.75, 3.05) is 19.0 Å². The predicted molar refractivity (Wildman–Crippen MR) is 73.6 cm³/mol. The van der Waals surface area contributed by atoms with E-state index in [2.05, 4.69) is 48.2 Å². The van der Waals surface area contributed by atoms with Gasteiger partial charge in [0.2, 0.25) is 0 Å². The molecule has 0 atom stereocenters. The lowest BCUT2D eigenvalue weighted by atomic mass is 10.1. The maximum atomic E-state index is 5.60. The first-order chi connectivity index (χ1) is 8.20. The Hall–Kier alpha value is -1.39. The van der Waals surface area contributed by atoms with Gasteiger partial charge in [-0.25, -0.2) is 4.98 Å². The average Bonchev–Trinajstić information content (AvgIpc) is 2.77. The van der Waals surface area contributed by atoms with E-state index in [-0.39, 0.29) is 0 Å². The third-order valence-corrected chi connectivity index (χ3v) is 3.64. The minimum Gasteiger partial charge on any atom is -0.377 e. The molecule has 0 amide bonds. The highest BCUT2D eigenvalue weighted by Gasteiger charge is 2.07. The summed E-state index contributed by atoms with van der Waals surface area (Å²) in [6, 6.07) is 8.41. The molecule has 2 N–H and O–H groups in total. The normalized spacial score (nSPS) is 10.5. The summed E-state index contributed by atoms with van der Waals surface area (Å²) in [6.45, 7) is 0.576. The number of benzene rings is 1. The molecule has 0 saturated heterocycles. The van der Waals surface area contributed by atoms with E-state index in [1.807, 2.05) is 6.20 Å². The van der Waals surface area contributed by atoms with Gasteiger partial charge in [0.1, 0.15) is 0 Å². The van der Waals surface area contributed by atoms with E-state index in [0.29, 0.717) is 6.54 Å². The number of thiazole rings is 1. The lowest BCUT2D eigenvalue weighted by molar-refractivity contribution is 1.06. The number of hydrogen-bond donors (Lipinski definition) is 1. The van der Waals surface area contributed by atoms with Crippen LogP contribution in [0.1, 0.15) is 15.4 Å². The summed E-state index contributed by atoms with van der Waals surface area (Å²) < 4.78 is 0. The fraction of sp³-hybridized carbons (Fsp3) is 0.308. The van der Waals surface area contributed by atoms with Crippen molar-refractivity contribution in [2.45, 2.75) is 13.0 Å². The maximum Gasteiger partial charge on any atom is 0.0972 e. The number of nitrogens with two attached hydrogens (primary N) is 1. The van der Waals surface area contributed by atoms with Gasteiger partial charge in [-0.1, -0.05) is 18.2 Å². The zero-order valence-corrected chi connectivity index (χ0v) is 11.0. The third-order valence-electron chi connectivity index (χ3n) is 2.62. The SMILES string of the molecule is CN(C)c1ccccc1Cc1ncc(CN)s1. The van der Waals surface area contributed by atoms with Gasteiger partial charge in [-0.2, -0.15) is 0 Å². The van der Waals surface area contributed by atoms with Gasteiger partial charge in [0.05, 0.1) is 5.01 Å². The van der Waals surface area contributed by atoms with Crippen LogP contribution >= 0.6 is 11.3 Å². The number of para-hydroxylation sites is 1. The summed E-state index contributed by atoms with van der Waals surface area (Å²) in [7, 11) is 4.12. The number of hydrogen-bond acceptors (Lipinski definition) is 4. The quantitative estimate of drug-likeness (QED) is 0.901. The average molecular weight is 247 g/mol. The molecule has 0 fully saturated rings. The fourth-order valence-corrected chi connectivity index (χ4v) is 2.61. The van der Waals surface area contributed by atoms with Crippen molar-refractivity contribution in [3.05, 3.63) is 45.9 Å². The summed E-state index contributed by atoms with van der Waals surface area (Å²) in [5.41, 5.74) is 8.15. The van der Waals surface area contributed by atoms with Crippen LogP contribution in [0.2, 0.25) is 0 Å². The minimum absolute atomic E-state index is 0.576. The number of rotatable bonds is 4. The van der Waals surface area contributed by atoms with Crippen LogP contribution in [0.4, 0.5) is 5.69 Å². The first-order valence-electron chi connectivity index (χ1n) is 5.59. The van der Waals surface area contributed by atoms with E-state index < -0.39 is 0 Å². The molecule has 2 aromatic rings. The lowest BCUT2D eigenvalue weighted by Gasteiger charge is -2.16. The molecule has 0 bridgehead atoms. The molecule has 4 heteroatoms. The summed E-state index contributed by atoms with van der Waals surface area (Å²) in [6.07, 6.45) is 2.75. The Morgan fingerprint density at radius 3 is 2.71 bits per heavy atom. The van der Waals surface area contributed by atoms with Crippen LogP contribution in [0.15, 0.2) is 30.5 Å². The molecule has 17 heavy (non-hydrogen) atoms. The van der Waals surface area contributed by atoms with Crippen LogP contribution in [0.3, 0.4) is 0 Å². The Balaban J connectivity index is 2.23. The molecule has 0 unspecified atom stereocenters. The number of nitrogens with zero attached hydrogens (tertiary/aromatic N) is 2. The molecule has 1 aromatic carbocycles. The first-order valence-corrected chi connectivity index (χ1v) is 6.41. The van der Waals surface area contributed by atoms with Gasteiger partial charge < -0.3 is 10.6 Å². The van der Waals surface area contributed by atoms with Crippen LogP contribution < -0.4 is 10.6 Å². The van der Waals surface area contributed by atoms with E-state index in [1.54, 1.807) is 11.3 Å². The first kappa shape index (κ1) is 12.1. The van der Waals surface area contributed by atoms with Crippen molar-refractivity contribution in [2.24, 2.45) is 5.73 Å². The molecule has 1 heterocycles. The van der Waals surface area contributed by atoms with Gasteiger partial charge >= 0.3 is 0 Å². The van der Waals surface area contributed by atoms with Gasteiger partial charge in [-0.3, -0.25) is 0 Å². The van der Waals surface area contributed by atoms with Crippen molar-refractivity contribution in [3.8, 4) is 0 Å². The molecule has 90 valence electrons. The smallest absolute Gasteiger partial charge is 0.0972 e. The van der Waals surface area contributed by atoms with Crippen molar-refractivity contribution in [3.63, 3.8) is 0 Å². The molecule has 0 saturated carbocycles. The van der Waals surface area contributed by atoms with Gasteiger partial charge in [0.25, 0.3) is 0 Å². The Bertz CT molecular complexity index is 491. The summed E-state index contributed by atoms with van der Waals surface area (Å²) in [5.74, 6) is 0. The molecule has 3 nitrogen and oxygen atoms in total. The molecular formula is C13H17N3S. The van der Waals surface area contributed by atoms with Gasteiger partial charge in [0.15, 0.2) is 0 Å². The lowest BCUT2D eigenvalue weighted by Crippen LogP contribution is -2.11. The third kappa shape index (κ3) is 2.84. The van der Waals surface area contributed by atoms with Gasteiger partial charge in [0, 0.05) is 43.8 Å². The van der Waals surface area contributed by atoms with Gasteiger partial charge in [-0.15, -0.1) is 11.3 Å². The summed E-state index contributed by atoms with van der Waals surface area (Å²) in [4.78, 5) is 7.68. The Morgan fingerprint density at radius 1 is 1.29 bits per heavy atom. The van der Waals surface area contributed by atoms with Crippen LogP contribution in [0, 0.1) is 0 Å². The fourth-order valence-electron chi connectivity index (χ4n) is 1.78. The van der Waals surface area contributed by atoms with E-state index in [4.69, 9.17) is 5.73 Å². The highest BCUT2D eigenvalue weighted by atomic mass is 32.1. The minimum atomic E-state index is 0.576. The van der Waals surface area contributed by atoms with Gasteiger partial charge in [-0.05, 0) is 11.6 Å². The maximum absolute atomic E-state index is 5.60. The second-order valence-corrected chi connectivity index (χ2v) is 5.32. The second kappa shape index (κ2) is 5.29. The second-order valence-electron chi connectivity index (χ2n) is 4.12. The zero-order chi connectivity index (χ0) is 12.3. The van der Waals surface area contributed by atoms with Crippen LogP contribution in [-0.4, -0.2) is 19.1 Å². The molecule has 0 aliphatic heterocycles. The number of aromatic nitrogens is 1. The molecule has 0 radical (unpaired) electrons. The van der Waals surface area contributed by atoms with E-state index in [0.717, 1.165) is 16.3 Å². The monoisotopic (exact) mass is 247 g/mol. The largest absolute Gasteiger partial charge is 0.377 e. The molecule has 0 aliphatic rings. The summed E-state index contributed by atoms with van der Waals surface area (Å²) >= 11 is 1.69. The topological polar surface area (TPSA) is 42.2 Å². The summed E-state index contributed by atoms with van der Waals surface area (Å²) in [5, 5.41) is 1.12. The standard InChI is InChI=1S/C13H17N3S/c1-16(2)12-6-4-3-5-10(12)7-13-15-9-11(8-14)17-13/h3-6,9H,7-8,14H2,1-2H3. The van der Waals surface area contributed by atoms with E-state index in [9.17, 15) is 0 Å². The molecule has 2 rings (SSSR count). The Morgan fingerprint density at radius 2 is 2.06 bits per heavy atom. The zero-order valence-electron chi connectivity index (χ0n) is 10.2. The molecule has 0 aliphatic carbocycles. The molecule has 0 spiro atoms. The Labute approximate surface area is 106 Å². The van der Waals surface area contributed by atoms with Crippen LogP contribution in [-0.2, 0) is 13.0 Å². The molecule has 1 aromatic heterocycles. The molecular weight excluding hydrogens is 230 g/mol. The van der Waals surface area contributed by atoms with Crippen molar-refractivity contribution in [1.82, 2.24) is 4.98 Å². The highest BCUT2D eigenvalue weighted by Crippen LogP contribution is 2.23. The number of anilines is 1. The van der Waals surface area contributed by atoms with Crippen molar-refractivity contribution in [1.29, 1.82) is 0 Å². The van der Waals surface area contributed by atoms with Crippen LogP contribution in [0.5, 0.6) is 0 Å². The Kier molecular flexibility index (Phi) is 3.76. The highest BCUT2D eigenvalue weighted by molar-refractivity contribution is 7.11. The predicted octanol–water partition coefficient (Wildman–Crippen LogP) is 2.26.